The molecule has 0 unspecified atom stereocenters. The molecule has 0 radical (unpaired) electrons. The minimum absolute atomic E-state index is 0.188. The first-order valence-electron chi connectivity index (χ1n) is 2.33. The van der Waals surface area contributed by atoms with E-state index in [0.717, 1.165) is 0 Å². The molecule has 68 valence electrons. The molecule has 3 nitrogen and oxygen atoms in total. The molecule has 0 amide bonds. The Hall–Kier alpha value is 0.430. The molecule has 0 aliphatic heterocycles. The molecule has 0 aromatic carbocycles. The van der Waals surface area contributed by atoms with Crippen LogP contribution in [0.3, 0.4) is 0 Å². The molecule has 0 rings (SSSR count). The van der Waals surface area contributed by atoms with E-state index >= 15 is 0 Å². The van der Waals surface area contributed by atoms with Crippen molar-refractivity contribution in [3.8, 4) is 0 Å². The number of halogens is 4. The molecular weight excluding hydrogens is 300 g/mol. The van der Waals surface area contributed by atoms with Crippen LogP contribution in [-0.4, -0.2) is 25.0 Å². The van der Waals surface area contributed by atoms with Crippen molar-refractivity contribution in [1.82, 2.24) is 0 Å². The Morgan fingerprint density at radius 3 is 2.09 bits per heavy atom. The Bertz CT molecular complexity index is 208. The summed E-state index contributed by atoms with van der Waals surface area (Å²) in [6, 6.07) is 0. The third-order valence-corrected chi connectivity index (χ3v) is 2.08. The van der Waals surface area contributed by atoms with E-state index < -0.39 is 22.2 Å². The average molecular weight is 304 g/mol. The lowest BCUT2D eigenvalue weighted by Gasteiger charge is -2.05. The SMILES string of the molecule is O=S(=O)(OCCI)C(F)(F)F. The van der Waals surface area contributed by atoms with Gasteiger partial charge in [-0.2, -0.15) is 21.6 Å². The number of hydrogen-bond acceptors (Lipinski definition) is 3. The van der Waals surface area contributed by atoms with Gasteiger partial charge in [0.15, 0.2) is 0 Å². The largest absolute Gasteiger partial charge is 0.523 e. The molecule has 0 aliphatic rings. The first-order valence-corrected chi connectivity index (χ1v) is 5.26. The fraction of sp³-hybridized carbons (Fsp3) is 1.00. The highest BCUT2D eigenvalue weighted by Gasteiger charge is 2.47. The zero-order chi connectivity index (χ0) is 9.12. The van der Waals surface area contributed by atoms with Crippen molar-refractivity contribution < 1.29 is 25.8 Å². The highest BCUT2D eigenvalue weighted by Crippen LogP contribution is 2.24. The Labute approximate surface area is 75.2 Å². The third-order valence-electron chi connectivity index (χ3n) is 0.599. The zero-order valence-corrected chi connectivity index (χ0v) is 8.03. The van der Waals surface area contributed by atoms with Gasteiger partial charge in [-0.3, -0.25) is 4.18 Å². The fourth-order valence-corrected chi connectivity index (χ4v) is 1.16. The molecule has 0 saturated heterocycles. The van der Waals surface area contributed by atoms with Gasteiger partial charge in [-0.05, 0) is 0 Å². The third kappa shape index (κ3) is 3.56. The predicted octanol–water partition coefficient (Wildman–Crippen LogP) is 1.29. The van der Waals surface area contributed by atoms with Crippen molar-refractivity contribution in [2.45, 2.75) is 5.51 Å². The fourth-order valence-electron chi connectivity index (χ4n) is 0.208. The minimum atomic E-state index is -5.36. The van der Waals surface area contributed by atoms with Gasteiger partial charge in [0.25, 0.3) is 0 Å². The van der Waals surface area contributed by atoms with Crippen LogP contribution >= 0.6 is 22.6 Å². The molecule has 0 fully saturated rings. The molecular formula is C3H4F3IO3S. The Balaban J connectivity index is 4.26. The van der Waals surface area contributed by atoms with Gasteiger partial charge in [0.05, 0.1) is 6.61 Å². The van der Waals surface area contributed by atoms with Crippen LogP contribution in [0.1, 0.15) is 0 Å². The van der Waals surface area contributed by atoms with E-state index in [1.165, 1.54) is 0 Å². The van der Waals surface area contributed by atoms with Crippen LogP contribution in [-0.2, 0) is 14.3 Å². The molecule has 0 spiro atoms. The number of hydrogen-bond donors (Lipinski definition) is 0. The lowest BCUT2D eigenvalue weighted by atomic mass is 10.9. The van der Waals surface area contributed by atoms with Gasteiger partial charge >= 0.3 is 15.6 Å². The van der Waals surface area contributed by atoms with Gasteiger partial charge in [-0.1, -0.05) is 22.6 Å². The Kier molecular flexibility index (Phi) is 4.05. The summed E-state index contributed by atoms with van der Waals surface area (Å²) >= 11 is 1.70. The molecule has 0 aromatic rings. The summed E-state index contributed by atoms with van der Waals surface area (Å²) < 4.78 is 58.2. The summed E-state index contributed by atoms with van der Waals surface area (Å²) in [6.45, 7) is -0.456. The predicted molar refractivity (Wildman–Crippen MR) is 39.8 cm³/mol. The molecule has 0 bridgehead atoms. The molecule has 0 aliphatic carbocycles. The van der Waals surface area contributed by atoms with Crippen molar-refractivity contribution in [1.29, 1.82) is 0 Å². The van der Waals surface area contributed by atoms with Crippen LogP contribution in [0, 0.1) is 0 Å². The van der Waals surface area contributed by atoms with E-state index in [2.05, 4.69) is 4.18 Å². The van der Waals surface area contributed by atoms with Gasteiger partial charge < -0.3 is 0 Å². The Morgan fingerprint density at radius 1 is 1.36 bits per heavy atom. The maximum Gasteiger partial charge on any atom is 0.523 e. The van der Waals surface area contributed by atoms with Crippen LogP contribution in [0.5, 0.6) is 0 Å². The standard InChI is InChI=1S/C3H4F3IO3S/c4-3(5,6)11(8,9)10-2-1-7/h1-2H2. The van der Waals surface area contributed by atoms with E-state index in [4.69, 9.17) is 0 Å². The van der Waals surface area contributed by atoms with Crippen LogP contribution in [0.4, 0.5) is 13.2 Å². The quantitative estimate of drug-likeness (QED) is 0.341. The molecule has 11 heavy (non-hydrogen) atoms. The first kappa shape index (κ1) is 11.4. The van der Waals surface area contributed by atoms with Crippen LogP contribution in [0.2, 0.25) is 0 Å². The average Bonchev–Trinajstić information content (AvgIpc) is 1.81. The summed E-state index contributed by atoms with van der Waals surface area (Å²) in [5, 5.41) is 0. The monoisotopic (exact) mass is 304 g/mol. The van der Waals surface area contributed by atoms with Crippen molar-refractivity contribution >= 4 is 32.7 Å². The highest BCUT2D eigenvalue weighted by atomic mass is 127. The molecule has 0 N–H and O–H groups in total. The van der Waals surface area contributed by atoms with E-state index in [-0.39, 0.29) is 4.43 Å². The second-order valence-corrected chi connectivity index (χ2v) is 4.10. The lowest BCUT2D eigenvalue weighted by Crippen LogP contribution is -2.26. The highest BCUT2D eigenvalue weighted by molar-refractivity contribution is 14.1. The summed E-state index contributed by atoms with van der Waals surface area (Å²) in [7, 11) is -5.36. The van der Waals surface area contributed by atoms with Gasteiger partial charge in [0, 0.05) is 4.43 Å². The Morgan fingerprint density at radius 2 is 1.82 bits per heavy atom. The van der Waals surface area contributed by atoms with Crippen molar-refractivity contribution in [2.24, 2.45) is 0 Å². The number of alkyl halides is 4. The summed E-state index contributed by atoms with van der Waals surface area (Å²) in [5.41, 5.74) is -5.31. The van der Waals surface area contributed by atoms with Gasteiger partial charge in [-0.25, -0.2) is 0 Å². The van der Waals surface area contributed by atoms with E-state index in [1.54, 1.807) is 22.6 Å². The van der Waals surface area contributed by atoms with Gasteiger partial charge in [0.1, 0.15) is 0 Å². The maximum absolute atomic E-state index is 11.4. The smallest absolute Gasteiger partial charge is 0.262 e. The van der Waals surface area contributed by atoms with Crippen molar-refractivity contribution in [2.75, 3.05) is 11.0 Å². The van der Waals surface area contributed by atoms with E-state index in [1.807, 2.05) is 0 Å². The minimum Gasteiger partial charge on any atom is -0.262 e. The van der Waals surface area contributed by atoms with Gasteiger partial charge in [-0.15, -0.1) is 0 Å². The van der Waals surface area contributed by atoms with E-state index in [9.17, 15) is 21.6 Å². The van der Waals surface area contributed by atoms with E-state index in [0.29, 0.717) is 0 Å². The second kappa shape index (κ2) is 3.90. The van der Waals surface area contributed by atoms with Crippen molar-refractivity contribution in [3.05, 3.63) is 0 Å². The normalized spacial score (nSPS) is 13.5. The first-order chi connectivity index (χ1) is 4.81. The molecule has 0 heterocycles. The topological polar surface area (TPSA) is 43.4 Å². The summed E-state index contributed by atoms with van der Waals surface area (Å²) in [6.07, 6.45) is 0. The number of rotatable bonds is 3. The molecule has 8 heteroatoms. The zero-order valence-electron chi connectivity index (χ0n) is 5.06. The maximum atomic E-state index is 11.4. The molecule has 0 saturated carbocycles. The summed E-state index contributed by atoms with van der Waals surface area (Å²) in [5.74, 6) is 0. The van der Waals surface area contributed by atoms with Crippen molar-refractivity contribution in [3.63, 3.8) is 0 Å². The molecule has 0 aromatic heterocycles. The van der Waals surface area contributed by atoms with Gasteiger partial charge in [0.2, 0.25) is 0 Å². The van der Waals surface area contributed by atoms with Crippen LogP contribution in [0.15, 0.2) is 0 Å². The summed E-state index contributed by atoms with van der Waals surface area (Å²) in [4.78, 5) is 0. The van der Waals surface area contributed by atoms with Crippen LogP contribution < -0.4 is 0 Å². The lowest BCUT2D eigenvalue weighted by molar-refractivity contribution is -0.0538. The second-order valence-electron chi connectivity index (χ2n) is 1.41. The molecule has 0 atom stereocenters. The van der Waals surface area contributed by atoms with Crippen LogP contribution in [0.25, 0.3) is 0 Å².